The molecular weight excluding hydrogens is 244 g/mol. The van der Waals surface area contributed by atoms with Gasteiger partial charge in [-0.2, -0.15) is 0 Å². The molecule has 1 aliphatic rings. The van der Waals surface area contributed by atoms with E-state index in [1.165, 1.54) is 56.4 Å². The van der Waals surface area contributed by atoms with Gasteiger partial charge in [-0.1, -0.05) is 39.5 Å². The lowest BCUT2D eigenvalue weighted by Gasteiger charge is -2.21. The minimum atomic E-state index is 0.865. The fourth-order valence-corrected chi connectivity index (χ4v) is 3.61. The van der Waals surface area contributed by atoms with Crippen LogP contribution in [-0.2, 0) is 0 Å². The van der Waals surface area contributed by atoms with Crippen molar-refractivity contribution in [3.05, 3.63) is 23.8 Å². The maximum atomic E-state index is 5.87. The summed E-state index contributed by atoms with van der Waals surface area (Å²) in [6.45, 7) is 9.26. The van der Waals surface area contributed by atoms with Gasteiger partial charge in [0.25, 0.3) is 0 Å². The normalized spacial score (nSPS) is 22.4. The molecule has 2 N–H and O–H groups in total. The molecule has 0 aromatic heterocycles. The van der Waals surface area contributed by atoms with Gasteiger partial charge in [-0.25, -0.2) is 0 Å². The molecule has 2 unspecified atom stereocenters. The van der Waals surface area contributed by atoms with Crippen LogP contribution in [0.15, 0.2) is 18.2 Å². The first-order valence-electron chi connectivity index (χ1n) is 8.26. The van der Waals surface area contributed by atoms with Crippen LogP contribution in [0.5, 0.6) is 0 Å². The zero-order valence-corrected chi connectivity index (χ0v) is 13.4. The maximum Gasteiger partial charge on any atom is 0.0397 e. The number of hydrogen-bond acceptors (Lipinski definition) is 2. The number of anilines is 2. The second-order valence-corrected chi connectivity index (χ2v) is 6.38. The second-order valence-electron chi connectivity index (χ2n) is 6.38. The van der Waals surface area contributed by atoms with Crippen LogP contribution in [0.2, 0.25) is 0 Å². The van der Waals surface area contributed by atoms with Gasteiger partial charge in [-0.3, -0.25) is 0 Å². The predicted molar refractivity (Wildman–Crippen MR) is 89.2 cm³/mol. The van der Waals surface area contributed by atoms with Gasteiger partial charge in [0.2, 0.25) is 0 Å². The molecule has 1 aliphatic heterocycles. The Hall–Kier alpha value is -1.18. The average molecular weight is 274 g/mol. The lowest BCUT2D eigenvalue weighted by atomic mass is 9.89. The third-order valence-corrected chi connectivity index (χ3v) is 4.84. The standard InChI is InChI=1S/C18H30N2/c1-4-6-7-8-16-13-20(12-15(16)5-2)18-10-9-17(19)11-14(18)3/h9-11,15-16H,4-8,12-13,19H2,1-3H3. The summed E-state index contributed by atoms with van der Waals surface area (Å²) in [5.41, 5.74) is 9.44. The summed E-state index contributed by atoms with van der Waals surface area (Å²) in [7, 11) is 0. The smallest absolute Gasteiger partial charge is 0.0397 e. The van der Waals surface area contributed by atoms with Crippen LogP contribution >= 0.6 is 0 Å². The largest absolute Gasteiger partial charge is 0.399 e. The van der Waals surface area contributed by atoms with Gasteiger partial charge in [0.1, 0.15) is 0 Å². The zero-order valence-electron chi connectivity index (χ0n) is 13.4. The van der Waals surface area contributed by atoms with Gasteiger partial charge in [-0.05, 0) is 48.9 Å². The second kappa shape index (κ2) is 7.01. The highest BCUT2D eigenvalue weighted by Crippen LogP contribution is 2.35. The molecule has 1 heterocycles. The Morgan fingerprint density at radius 2 is 1.90 bits per heavy atom. The first kappa shape index (κ1) is 15.2. The van der Waals surface area contributed by atoms with E-state index < -0.39 is 0 Å². The Balaban J connectivity index is 2.03. The Kier molecular flexibility index (Phi) is 5.33. The van der Waals surface area contributed by atoms with E-state index in [4.69, 9.17) is 5.73 Å². The van der Waals surface area contributed by atoms with Gasteiger partial charge in [0.05, 0.1) is 0 Å². The van der Waals surface area contributed by atoms with E-state index >= 15 is 0 Å². The van der Waals surface area contributed by atoms with E-state index in [2.05, 4.69) is 37.8 Å². The number of unbranched alkanes of at least 4 members (excludes halogenated alkanes) is 2. The van der Waals surface area contributed by atoms with Crippen molar-refractivity contribution in [2.45, 2.75) is 52.9 Å². The van der Waals surface area contributed by atoms with E-state index in [1.807, 2.05) is 6.07 Å². The van der Waals surface area contributed by atoms with E-state index in [0.717, 1.165) is 17.5 Å². The van der Waals surface area contributed by atoms with Crippen LogP contribution in [0.1, 0.15) is 51.5 Å². The molecule has 0 spiro atoms. The molecule has 2 nitrogen and oxygen atoms in total. The van der Waals surface area contributed by atoms with Crippen molar-refractivity contribution in [1.29, 1.82) is 0 Å². The fraction of sp³-hybridized carbons (Fsp3) is 0.667. The summed E-state index contributed by atoms with van der Waals surface area (Å²) in [6, 6.07) is 6.33. The van der Waals surface area contributed by atoms with Gasteiger partial charge < -0.3 is 10.6 Å². The molecule has 1 aromatic rings. The summed E-state index contributed by atoms with van der Waals surface area (Å²) in [5.74, 6) is 1.74. The van der Waals surface area contributed by atoms with Crippen molar-refractivity contribution in [2.75, 3.05) is 23.7 Å². The van der Waals surface area contributed by atoms with Crippen molar-refractivity contribution in [1.82, 2.24) is 0 Å². The number of rotatable bonds is 6. The Morgan fingerprint density at radius 3 is 2.55 bits per heavy atom. The fourth-order valence-electron chi connectivity index (χ4n) is 3.61. The molecule has 0 radical (unpaired) electrons. The average Bonchev–Trinajstić information content (AvgIpc) is 2.82. The Labute approximate surface area is 124 Å². The minimum Gasteiger partial charge on any atom is -0.399 e. The molecule has 0 saturated carbocycles. The lowest BCUT2D eigenvalue weighted by Crippen LogP contribution is -2.20. The van der Waals surface area contributed by atoms with Crippen molar-refractivity contribution in [3.8, 4) is 0 Å². The molecule has 0 bridgehead atoms. The van der Waals surface area contributed by atoms with Crippen LogP contribution in [0.4, 0.5) is 11.4 Å². The first-order valence-corrected chi connectivity index (χ1v) is 8.26. The van der Waals surface area contributed by atoms with Crippen LogP contribution in [-0.4, -0.2) is 13.1 Å². The third kappa shape index (κ3) is 3.47. The van der Waals surface area contributed by atoms with Gasteiger partial charge >= 0.3 is 0 Å². The van der Waals surface area contributed by atoms with E-state index in [0.29, 0.717) is 0 Å². The van der Waals surface area contributed by atoms with Crippen molar-refractivity contribution in [3.63, 3.8) is 0 Å². The van der Waals surface area contributed by atoms with Crippen LogP contribution in [0.3, 0.4) is 0 Å². The topological polar surface area (TPSA) is 29.3 Å². The highest BCUT2D eigenvalue weighted by atomic mass is 15.2. The van der Waals surface area contributed by atoms with Crippen molar-refractivity contribution >= 4 is 11.4 Å². The molecule has 1 aromatic carbocycles. The minimum absolute atomic E-state index is 0.865. The number of benzene rings is 1. The summed E-state index contributed by atoms with van der Waals surface area (Å²) in [4.78, 5) is 2.58. The zero-order chi connectivity index (χ0) is 14.5. The van der Waals surface area contributed by atoms with Crippen LogP contribution in [0, 0.1) is 18.8 Å². The molecule has 2 rings (SSSR count). The molecule has 112 valence electrons. The lowest BCUT2D eigenvalue weighted by molar-refractivity contribution is 0.370. The van der Waals surface area contributed by atoms with E-state index in [9.17, 15) is 0 Å². The molecule has 2 atom stereocenters. The monoisotopic (exact) mass is 274 g/mol. The SMILES string of the molecule is CCCCCC1CN(c2ccc(N)cc2C)CC1CC. The van der Waals surface area contributed by atoms with E-state index in [-0.39, 0.29) is 0 Å². The quantitative estimate of drug-likeness (QED) is 0.606. The summed E-state index contributed by atoms with van der Waals surface area (Å²) >= 11 is 0. The summed E-state index contributed by atoms with van der Waals surface area (Å²) in [5, 5.41) is 0. The number of nitrogens with zero attached hydrogens (tertiary/aromatic N) is 1. The molecule has 20 heavy (non-hydrogen) atoms. The number of hydrogen-bond donors (Lipinski definition) is 1. The molecule has 2 heteroatoms. The Bertz CT molecular complexity index is 427. The molecule has 0 aliphatic carbocycles. The highest BCUT2D eigenvalue weighted by molar-refractivity contribution is 5.59. The first-order chi connectivity index (χ1) is 9.65. The van der Waals surface area contributed by atoms with Gasteiger partial charge in [-0.15, -0.1) is 0 Å². The predicted octanol–water partition coefficient (Wildman–Crippen LogP) is 4.62. The number of aryl methyl sites for hydroxylation is 1. The van der Waals surface area contributed by atoms with Crippen molar-refractivity contribution in [2.24, 2.45) is 11.8 Å². The van der Waals surface area contributed by atoms with Crippen LogP contribution in [0.25, 0.3) is 0 Å². The summed E-state index contributed by atoms with van der Waals surface area (Å²) in [6.07, 6.45) is 6.81. The van der Waals surface area contributed by atoms with E-state index in [1.54, 1.807) is 0 Å². The third-order valence-electron chi connectivity index (χ3n) is 4.84. The van der Waals surface area contributed by atoms with Gasteiger partial charge in [0, 0.05) is 24.5 Å². The van der Waals surface area contributed by atoms with Gasteiger partial charge in [0.15, 0.2) is 0 Å². The molecule has 1 saturated heterocycles. The summed E-state index contributed by atoms with van der Waals surface area (Å²) < 4.78 is 0. The highest BCUT2D eigenvalue weighted by Gasteiger charge is 2.31. The maximum absolute atomic E-state index is 5.87. The number of nitrogens with two attached hydrogens (primary N) is 1. The van der Waals surface area contributed by atoms with Crippen molar-refractivity contribution < 1.29 is 0 Å². The molecule has 0 amide bonds. The Morgan fingerprint density at radius 1 is 1.15 bits per heavy atom. The molecular formula is C18H30N2. The molecule has 1 fully saturated rings. The van der Waals surface area contributed by atoms with Crippen LogP contribution < -0.4 is 10.6 Å². The number of nitrogen functional groups attached to an aromatic ring is 1.